The molecule has 4 rings (SSSR count). The second-order valence-electron chi connectivity index (χ2n) is 5.71. The first kappa shape index (κ1) is 14.8. The van der Waals surface area contributed by atoms with Gasteiger partial charge in [0.2, 0.25) is 5.78 Å². The number of para-hydroxylation sites is 1. The van der Waals surface area contributed by atoms with Crippen molar-refractivity contribution in [3.63, 3.8) is 0 Å². The summed E-state index contributed by atoms with van der Waals surface area (Å²) in [5.41, 5.74) is 1.40. The smallest absolute Gasteiger partial charge is 0.262 e. The molecule has 0 aliphatic carbocycles. The standard InChI is InChI=1S/C18H14N2O3S/c1-10-11(2)24-17-16(10)18(22)20(9-19-17)8-13(21)15-7-12-5-3-4-6-14(12)23-15/h3-7,9H,8H2,1-2H3. The zero-order valence-electron chi connectivity index (χ0n) is 13.2. The number of fused-ring (bicyclic) bond motifs is 2. The minimum absolute atomic E-state index is 0.0874. The monoisotopic (exact) mass is 338 g/mol. The minimum Gasteiger partial charge on any atom is -0.453 e. The van der Waals surface area contributed by atoms with Gasteiger partial charge in [-0.1, -0.05) is 18.2 Å². The van der Waals surface area contributed by atoms with Crippen LogP contribution >= 0.6 is 11.3 Å². The van der Waals surface area contributed by atoms with Crippen LogP contribution in [-0.4, -0.2) is 15.3 Å². The van der Waals surface area contributed by atoms with Crippen LogP contribution in [0.3, 0.4) is 0 Å². The lowest BCUT2D eigenvalue weighted by atomic mass is 10.2. The van der Waals surface area contributed by atoms with E-state index in [0.29, 0.717) is 15.8 Å². The van der Waals surface area contributed by atoms with Gasteiger partial charge in [-0.25, -0.2) is 4.98 Å². The van der Waals surface area contributed by atoms with E-state index in [2.05, 4.69) is 4.98 Å². The molecule has 0 amide bonds. The summed E-state index contributed by atoms with van der Waals surface area (Å²) in [4.78, 5) is 31.2. The minimum atomic E-state index is -0.251. The number of ketones is 1. The fourth-order valence-corrected chi connectivity index (χ4v) is 3.72. The third-order valence-corrected chi connectivity index (χ3v) is 5.29. The van der Waals surface area contributed by atoms with E-state index in [1.807, 2.05) is 38.1 Å². The Morgan fingerprint density at radius 2 is 2.08 bits per heavy atom. The molecule has 0 atom stereocenters. The predicted octanol–water partition coefficient (Wildman–Crippen LogP) is 3.70. The zero-order valence-corrected chi connectivity index (χ0v) is 14.0. The molecule has 0 aliphatic heterocycles. The Balaban J connectivity index is 1.73. The van der Waals surface area contributed by atoms with Gasteiger partial charge in [0.1, 0.15) is 10.4 Å². The lowest BCUT2D eigenvalue weighted by Crippen LogP contribution is -2.24. The highest BCUT2D eigenvalue weighted by atomic mass is 32.1. The molecule has 0 spiro atoms. The number of aryl methyl sites for hydroxylation is 2. The zero-order chi connectivity index (χ0) is 16.8. The molecule has 3 aromatic heterocycles. The lowest BCUT2D eigenvalue weighted by Gasteiger charge is -2.03. The molecule has 0 bridgehead atoms. The fraction of sp³-hybridized carbons (Fsp3) is 0.167. The number of carbonyl (C=O) groups excluding carboxylic acids is 1. The van der Waals surface area contributed by atoms with E-state index in [1.165, 1.54) is 22.2 Å². The quantitative estimate of drug-likeness (QED) is 0.534. The predicted molar refractivity (Wildman–Crippen MR) is 93.9 cm³/mol. The second-order valence-corrected chi connectivity index (χ2v) is 6.92. The Bertz CT molecular complexity index is 1120. The number of hydrogen-bond donors (Lipinski definition) is 0. The van der Waals surface area contributed by atoms with Crippen LogP contribution in [0.1, 0.15) is 21.0 Å². The van der Waals surface area contributed by atoms with E-state index in [0.717, 1.165) is 15.8 Å². The van der Waals surface area contributed by atoms with Crippen LogP contribution in [0.25, 0.3) is 21.2 Å². The highest BCUT2D eigenvalue weighted by Gasteiger charge is 2.16. The molecule has 0 saturated carbocycles. The molecule has 6 heteroatoms. The molecular formula is C18H14N2O3S. The summed E-state index contributed by atoms with van der Waals surface area (Å²) in [6.07, 6.45) is 1.43. The third kappa shape index (κ3) is 2.27. The molecular weight excluding hydrogens is 324 g/mol. The van der Waals surface area contributed by atoms with Crippen molar-refractivity contribution in [2.24, 2.45) is 0 Å². The maximum Gasteiger partial charge on any atom is 0.262 e. The highest BCUT2D eigenvalue weighted by molar-refractivity contribution is 7.18. The van der Waals surface area contributed by atoms with Crippen molar-refractivity contribution in [2.75, 3.05) is 0 Å². The van der Waals surface area contributed by atoms with Crippen molar-refractivity contribution >= 4 is 38.3 Å². The summed E-state index contributed by atoms with van der Waals surface area (Å²) in [6, 6.07) is 9.13. The Labute approximate surface area is 141 Å². The van der Waals surface area contributed by atoms with Crippen molar-refractivity contribution < 1.29 is 9.21 Å². The number of benzene rings is 1. The fourth-order valence-electron chi connectivity index (χ4n) is 2.73. The molecule has 0 N–H and O–H groups in total. The Morgan fingerprint density at radius 3 is 2.88 bits per heavy atom. The van der Waals surface area contributed by atoms with Gasteiger partial charge in [-0.05, 0) is 31.5 Å². The number of carbonyl (C=O) groups is 1. The van der Waals surface area contributed by atoms with Crippen molar-refractivity contribution in [1.29, 1.82) is 0 Å². The van der Waals surface area contributed by atoms with Gasteiger partial charge in [0, 0.05) is 10.3 Å². The summed E-state index contributed by atoms with van der Waals surface area (Å²) in [5.74, 6) is 0.000438. The number of thiophene rings is 1. The first-order valence-electron chi connectivity index (χ1n) is 7.51. The molecule has 4 aromatic rings. The number of Topliss-reactive ketones (excluding diaryl/α,β-unsaturated/α-hetero) is 1. The van der Waals surface area contributed by atoms with Crippen LogP contribution in [0.5, 0.6) is 0 Å². The van der Waals surface area contributed by atoms with E-state index in [9.17, 15) is 9.59 Å². The SMILES string of the molecule is Cc1sc2ncn(CC(=O)c3cc4ccccc4o3)c(=O)c2c1C. The number of nitrogens with zero attached hydrogens (tertiary/aromatic N) is 2. The number of aromatic nitrogens is 2. The molecule has 0 unspecified atom stereocenters. The van der Waals surface area contributed by atoms with Gasteiger partial charge in [-0.2, -0.15) is 0 Å². The average Bonchev–Trinajstić information content (AvgIpc) is 3.12. The van der Waals surface area contributed by atoms with E-state index in [4.69, 9.17) is 4.42 Å². The van der Waals surface area contributed by atoms with E-state index in [1.54, 1.807) is 6.07 Å². The van der Waals surface area contributed by atoms with Crippen molar-refractivity contribution in [3.8, 4) is 0 Å². The van der Waals surface area contributed by atoms with Crippen LogP contribution in [0.2, 0.25) is 0 Å². The van der Waals surface area contributed by atoms with Crippen molar-refractivity contribution in [3.05, 3.63) is 63.2 Å². The molecule has 3 heterocycles. The Morgan fingerprint density at radius 1 is 1.29 bits per heavy atom. The number of rotatable bonds is 3. The molecule has 0 aliphatic rings. The van der Waals surface area contributed by atoms with Crippen LogP contribution in [0.15, 0.2) is 45.9 Å². The largest absolute Gasteiger partial charge is 0.453 e. The Hall–Kier alpha value is -2.73. The molecule has 1 aromatic carbocycles. The third-order valence-electron chi connectivity index (χ3n) is 4.17. The van der Waals surface area contributed by atoms with Gasteiger partial charge in [0.15, 0.2) is 5.76 Å². The summed E-state index contributed by atoms with van der Waals surface area (Å²) in [7, 11) is 0. The molecule has 0 radical (unpaired) electrons. The summed E-state index contributed by atoms with van der Waals surface area (Å²) in [6.45, 7) is 3.78. The van der Waals surface area contributed by atoms with Gasteiger partial charge < -0.3 is 4.42 Å². The topological polar surface area (TPSA) is 65.1 Å². The van der Waals surface area contributed by atoms with Crippen LogP contribution in [0.4, 0.5) is 0 Å². The lowest BCUT2D eigenvalue weighted by molar-refractivity contribution is 0.0945. The maximum atomic E-state index is 12.6. The second kappa shape index (κ2) is 5.42. The summed E-state index contributed by atoms with van der Waals surface area (Å²) in [5, 5.41) is 1.46. The van der Waals surface area contributed by atoms with E-state index >= 15 is 0 Å². The first-order valence-corrected chi connectivity index (χ1v) is 8.33. The number of furan rings is 1. The van der Waals surface area contributed by atoms with Gasteiger partial charge >= 0.3 is 0 Å². The van der Waals surface area contributed by atoms with E-state index in [-0.39, 0.29) is 23.6 Å². The maximum absolute atomic E-state index is 12.6. The van der Waals surface area contributed by atoms with Crippen molar-refractivity contribution in [1.82, 2.24) is 9.55 Å². The van der Waals surface area contributed by atoms with Crippen LogP contribution in [-0.2, 0) is 6.54 Å². The molecule has 24 heavy (non-hydrogen) atoms. The van der Waals surface area contributed by atoms with Crippen LogP contribution < -0.4 is 5.56 Å². The molecule has 0 fully saturated rings. The number of hydrogen-bond acceptors (Lipinski definition) is 5. The Kier molecular flexibility index (Phi) is 3.35. The van der Waals surface area contributed by atoms with Gasteiger partial charge in [-0.15, -0.1) is 11.3 Å². The molecule has 120 valence electrons. The van der Waals surface area contributed by atoms with Crippen molar-refractivity contribution in [2.45, 2.75) is 20.4 Å². The highest BCUT2D eigenvalue weighted by Crippen LogP contribution is 2.25. The summed E-state index contributed by atoms with van der Waals surface area (Å²) >= 11 is 1.49. The van der Waals surface area contributed by atoms with Gasteiger partial charge in [-0.3, -0.25) is 14.2 Å². The normalized spacial score (nSPS) is 11.4. The van der Waals surface area contributed by atoms with Gasteiger partial charge in [0.05, 0.1) is 18.3 Å². The summed E-state index contributed by atoms with van der Waals surface area (Å²) < 4.78 is 6.92. The molecule has 0 saturated heterocycles. The first-order chi connectivity index (χ1) is 11.5. The molecule has 5 nitrogen and oxygen atoms in total. The average molecular weight is 338 g/mol. The van der Waals surface area contributed by atoms with E-state index < -0.39 is 0 Å². The van der Waals surface area contributed by atoms with Crippen LogP contribution in [0, 0.1) is 13.8 Å². The van der Waals surface area contributed by atoms with Gasteiger partial charge in [0.25, 0.3) is 5.56 Å².